The van der Waals surface area contributed by atoms with Crippen molar-refractivity contribution in [1.82, 2.24) is 9.97 Å². The van der Waals surface area contributed by atoms with Gasteiger partial charge in [-0.3, -0.25) is 0 Å². The van der Waals surface area contributed by atoms with Gasteiger partial charge in [0.1, 0.15) is 17.0 Å². The fourth-order valence-electron chi connectivity index (χ4n) is 2.20. The molecule has 0 unspecified atom stereocenters. The SMILES string of the molecule is Cc1ccc(-c2csc3ncnc(NC[C@H](C)O)c23)cc1. The molecule has 0 radical (unpaired) electrons. The summed E-state index contributed by atoms with van der Waals surface area (Å²) in [4.78, 5) is 9.62. The highest BCUT2D eigenvalue weighted by molar-refractivity contribution is 7.17. The Labute approximate surface area is 127 Å². The van der Waals surface area contributed by atoms with Gasteiger partial charge in [0.15, 0.2) is 0 Å². The van der Waals surface area contributed by atoms with E-state index in [4.69, 9.17) is 0 Å². The van der Waals surface area contributed by atoms with Gasteiger partial charge in [0.2, 0.25) is 0 Å². The topological polar surface area (TPSA) is 58.0 Å². The Hall–Kier alpha value is -1.98. The van der Waals surface area contributed by atoms with Crippen molar-refractivity contribution in [3.63, 3.8) is 0 Å². The highest BCUT2D eigenvalue weighted by Crippen LogP contribution is 2.36. The molecule has 0 saturated carbocycles. The highest BCUT2D eigenvalue weighted by Gasteiger charge is 2.13. The number of hydrogen-bond donors (Lipinski definition) is 2. The Morgan fingerprint density at radius 3 is 2.71 bits per heavy atom. The molecule has 108 valence electrons. The number of aromatic nitrogens is 2. The van der Waals surface area contributed by atoms with Crippen LogP contribution in [0.3, 0.4) is 0 Å². The van der Waals surface area contributed by atoms with Gasteiger partial charge < -0.3 is 10.4 Å². The summed E-state index contributed by atoms with van der Waals surface area (Å²) >= 11 is 1.61. The molecule has 3 aromatic rings. The Morgan fingerprint density at radius 1 is 1.24 bits per heavy atom. The summed E-state index contributed by atoms with van der Waals surface area (Å²) in [6, 6.07) is 8.43. The molecule has 5 heteroatoms. The second kappa shape index (κ2) is 5.79. The van der Waals surface area contributed by atoms with E-state index in [0.29, 0.717) is 6.54 Å². The zero-order valence-corrected chi connectivity index (χ0v) is 12.8. The lowest BCUT2D eigenvalue weighted by Gasteiger charge is -2.09. The summed E-state index contributed by atoms with van der Waals surface area (Å²) in [6.07, 6.45) is 1.14. The minimum atomic E-state index is -0.420. The van der Waals surface area contributed by atoms with Crippen LogP contribution in [-0.4, -0.2) is 27.7 Å². The van der Waals surface area contributed by atoms with E-state index >= 15 is 0 Å². The van der Waals surface area contributed by atoms with Crippen molar-refractivity contribution in [3.05, 3.63) is 41.5 Å². The van der Waals surface area contributed by atoms with Gasteiger partial charge in [-0.1, -0.05) is 29.8 Å². The Kier molecular flexibility index (Phi) is 3.86. The lowest BCUT2D eigenvalue weighted by atomic mass is 10.0. The molecule has 2 aromatic heterocycles. The zero-order chi connectivity index (χ0) is 14.8. The number of anilines is 1. The van der Waals surface area contributed by atoms with Crippen LogP contribution in [0.5, 0.6) is 0 Å². The van der Waals surface area contributed by atoms with Gasteiger partial charge in [-0.2, -0.15) is 0 Å². The van der Waals surface area contributed by atoms with Crippen LogP contribution in [0.1, 0.15) is 12.5 Å². The third-order valence-electron chi connectivity index (χ3n) is 3.30. The molecule has 2 heterocycles. The van der Waals surface area contributed by atoms with E-state index in [1.54, 1.807) is 24.6 Å². The average molecular weight is 299 g/mol. The van der Waals surface area contributed by atoms with Crippen LogP contribution in [0.15, 0.2) is 36.0 Å². The predicted molar refractivity (Wildman–Crippen MR) is 87.8 cm³/mol. The fourth-order valence-corrected chi connectivity index (χ4v) is 3.12. The minimum absolute atomic E-state index is 0.420. The lowest BCUT2D eigenvalue weighted by Crippen LogP contribution is -2.16. The van der Waals surface area contributed by atoms with Crippen LogP contribution in [0.25, 0.3) is 21.3 Å². The second-order valence-corrected chi connectivity index (χ2v) is 6.01. The predicted octanol–water partition coefficient (Wildman–Crippen LogP) is 3.46. The first-order chi connectivity index (χ1) is 10.1. The number of nitrogens with one attached hydrogen (secondary N) is 1. The molecule has 0 bridgehead atoms. The van der Waals surface area contributed by atoms with E-state index in [2.05, 4.69) is 51.9 Å². The van der Waals surface area contributed by atoms with Gasteiger partial charge in [0.05, 0.1) is 11.5 Å². The Bertz CT molecular complexity index is 750. The third-order valence-corrected chi connectivity index (χ3v) is 4.18. The van der Waals surface area contributed by atoms with Crippen LogP contribution in [0.2, 0.25) is 0 Å². The van der Waals surface area contributed by atoms with Crippen molar-refractivity contribution in [3.8, 4) is 11.1 Å². The molecular formula is C16H17N3OS. The molecule has 0 amide bonds. The van der Waals surface area contributed by atoms with Gasteiger partial charge >= 0.3 is 0 Å². The second-order valence-electron chi connectivity index (χ2n) is 5.15. The van der Waals surface area contributed by atoms with Crippen molar-refractivity contribution in [2.45, 2.75) is 20.0 Å². The first kappa shape index (κ1) is 14.0. The van der Waals surface area contributed by atoms with E-state index in [0.717, 1.165) is 27.2 Å². The maximum Gasteiger partial charge on any atom is 0.138 e. The van der Waals surface area contributed by atoms with E-state index in [-0.39, 0.29) is 0 Å². The smallest absolute Gasteiger partial charge is 0.138 e. The molecule has 0 aliphatic heterocycles. The van der Waals surface area contributed by atoms with Crippen LogP contribution >= 0.6 is 11.3 Å². The molecular weight excluding hydrogens is 282 g/mol. The zero-order valence-electron chi connectivity index (χ0n) is 12.0. The van der Waals surface area contributed by atoms with Crippen LogP contribution in [-0.2, 0) is 0 Å². The first-order valence-electron chi connectivity index (χ1n) is 6.86. The number of benzene rings is 1. The third kappa shape index (κ3) is 2.89. The van der Waals surface area contributed by atoms with E-state index in [1.807, 2.05) is 0 Å². The standard InChI is InChI=1S/C16H17N3OS/c1-10-3-5-12(6-4-10)13-8-21-16-14(13)15(18-9-19-16)17-7-11(2)20/h3-6,8-9,11,20H,7H2,1-2H3,(H,17,18,19)/t11-/m0/s1. The minimum Gasteiger partial charge on any atom is -0.392 e. The molecule has 0 saturated heterocycles. The summed E-state index contributed by atoms with van der Waals surface area (Å²) < 4.78 is 0. The van der Waals surface area contributed by atoms with Crippen molar-refractivity contribution in [2.24, 2.45) is 0 Å². The van der Waals surface area contributed by atoms with Crippen molar-refractivity contribution >= 4 is 27.4 Å². The number of aliphatic hydroxyl groups excluding tert-OH is 1. The molecule has 1 atom stereocenters. The van der Waals surface area contributed by atoms with E-state index < -0.39 is 6.10 Å². The summed E-state index contributed by atoms with van der Waals surface area (Å²) in [5.74, 6) is 0.776. The highest BCUT2D eigenvalue weighted by atomic mass is 32.1. The number of rotatable bonds is 4. The largest absolute Gasteiger partial charge is 0.392 e. The molecule has 21 heavy (non-hydrogen) atoms. The number of aryl methyl sites for hydroxylation is 1. The lowest BCUT2D eigenvalue weighted by molar-refractivity contribution is 0.208. The van der Waals surface area contributed by atoms with E-state index in [9.17, 15) is 5.11 Å². The van der Waals surface area contributed by atoms with Crippen LogP contribution in [0, 0.1) is 6.92 Å². The summed E-state index contributed by atoms with van der Waals surface area (Å²) in [5.41, 5.74) is 3.52. The van der Waals surface area contributed by atoms with Crippen LogP contribution in [0.4, 0.5) is 5.82 Å². The average Bonchev–Trinajstić information content (AvgIpc) is 2.90. The molecule has 1 aromatic carbocycles. The summed E-state index contributed by atoms with van der Waals surface area (Å²) in [7, 11) is 0. The normalized spacial score (nSPS) is 12.5. The molecule has 0 aliphatic rings. The van der Waals surface area contributed by atoms with Gasteiger partial charge in [0, 0.05) is 17.5 Å². The maximum absolute atomic E-state index is 9.45. The van der Waals surface area contributed by atoms with E-state index in [1.165, 1.54) is 5.56 Å². The fraction of sp³-hybridized carbons (Fsp3) is 0.250. The molecule has 3 rings (SSSR count). The summed E-state index contributed by atoms with van der Waals surface area (Å²) in [5, 5.41) is 15.8. The summed E-state index contributed by atoms with van der Waals surface area (Å²) in [6.45, 7) is 4.30. The molecule has 2 N–H and O–H groups in total. The molecule has 0 fully saturated rings. The van der Waals surface area contributed by atoms with Crippen LogP contribution < -0.4 is 5.32 Å². The van der Waals surface area contributed by atoms with Crippen molar-refractivity contribution in [2.75, 3.05) is 11.9 Å². The first-order valence-corrected chi connectivity index (χ1v) is 7.74. The Morgan fingerprint density at radius 2 is 2.00 bits per heavy atom. The quantitative estimate of drug-likeness (QED) is 0.774. The van der Waals surface area contributed by atoms with Crippen molar-refractivity contribution in [1.29, 1.82) is 0 Å². The maximum atomic E-state index is 9.45. The number of thiophene rings is 1. The van der Waals surface area contributed by atoms with Crippen molar-refractivity contribution < 1.29 is 5.11 Å². The van der Waals surface area contributed by atoms with Gasteiger partial charge in [-0.05, 0) is 19.4 Å². The number of nitrogens with zero attached hydrogens (tertiary/aromatic N) is 2. The molecule has 0 spiro atoms. The van der Waals surface area contributed by atoms with Gasteiger partial charge in [-0.25, -0.2) is 9.97 Å². The molecule has 4 nitrogen and oxygen atoms in total. The monoisotopic (exact) mass is 299 g/mol. The van der Waals surface area contributed by atoms with Gasteiger partial charge in [-0.15, -0.1) is 11.3 Å². The van der Waals surface area contributed by atoms with Gasteiger partial charge in [0.25, 0.3) is 0 Å². The molecule has 0 aliphatic carbocycles. The number of hydrogen-bond acceptors (Lipinski definition) is 5. The number of aliphatic hydroxyl groups is 1. The Balaban J connectivity index is 2.08. The number of fused-ring (bicyclic) bond motifs is 1.